The van der Waals surface area contributed by atoms with Gasteiger partial charge >= 0.3 is 0 Å². The number of carbonyl (C=O) groups excluding carboxylic acids is 1. The average molecular weight is 504 g/mol. The molecule has 1 atom stereocenters. The van der Waals surface area contributed by atoms with Crippen molar-refractivity contribution in [2.45, 2.75) is 23.9 Å². The molecule has 1 aromatic heterocycles. The third kappa shape index (κ3) is 6.22. The van der Waals surface area contributed by atoms with E-state index < -0.39 is 11.0 Å². The van der Waals surface area contributed by atoms with Gasteiger partial charge in [-0.2, -0.15) is 0 Å². The Bertz CT molecular complexity index is 1370. The molecule has 0 aliphatic rings. The van der Waals surface area contributed by atoms with Crippen LogP contribution < -0.4 is 5.32 Å². The molecule has 4 rings (SSSR count). The molecule has 0 spiro atoms. The first-order chi connectivity index (χ1) is 17.4. The zero-order chi connectivity index (χ0) is 25.5. The molecule has 0 saturated carbocycles. The number of nitrogens with one attached hydrogen (secondary N) is 1. The molecular weight excluding hydrogens is 481 g/mol. The Balaban J connectivity index is 1.58. The van der Waals surface area contributed by atoms with Gasteiger partial charge < -0.3 is 5.32 Å². The highest BCUT2D eigenvalue weighted by Gasteiger charge is 2.21. The van der Waals surface area contributed by atoms with Crippen LogP contribution in [0.5, 0.6) is 0 Å². The number of hydrogen-bond donors (Lipinski definition) is 1. The lowest BCUT2D eigenvalue weighted by atomic mass is 10.2. The van der Waals surface area contributed by atoms with Crippen molar-refractivity contribution in [2.75, 3.05) is 0 Å². The number of halogens is 1. The van der Waals surface area contributed by atoms with E-state index in [1.165, 1.54) is 42.1 Å². The number of nitrogens with zero attached hydrogens (tertiary/aromatic N) is 4. The maximum absolute atomic E-state index is 13.3. The van der Waals surface area contributed by atoms with Crippen LogP contribution in [0.4, 0.5) is 10.1 Å². The lowest BCUT2D eigenvalue weighted by Gasteiger charge is -2.15. The first kappa shape index (κ1) is 24.8. The van der Waals surface area contributed by atoms with Crippen LogP contribution >= 0.6 is 11.8 Å². The summed E-state index contributed by atoms with van der Waals surface area (Å²) in [7, 11) is 0. The van der Waals surface area contributed by atoms with Gasteiger partial charge in [0.15, 0.2) is 11.0 Å². The Morgan fingerprint density at radius 3 is 2.44 bits per heavy atom. The Hall–Kier alpha value is -4.31. The van der Waals surface area contributed by atoms with E-state index in [0.717, 1.165) is 11.1 Å². The minimum atomic E-state index is -0.513. The van der Waals surface area contributed by atoms with E-state index in [0.29, 0.717) is 22.4 Å². The fraction of sp³-hybridized carbons (Fsp3) is 0.115. The molecule has 0 fully saturated rings. The molecule has 1 heterocycles. The van der Waals surface area contributed by atoms with Gasteiger partial charge in [0.05, 0.1) is 11.0 Å². The minimum absolute atomic E-state index is 0.0405. The normalized spacial score (nSPS) is 11.9. The number of nitro groups is 1. The van der Waals surface area contributed by atoms with Gasteiger partial charge in [-0.15, -0.1) is 10.2 Å². The molecule has 0 radical (unpaired) electrons. The van der Waals surface area contributed by atoms with E-state index in [9.17, 15) is 19.3 Å². The molecule has 0 saturated heterocycles. The predicted octanol–water partition coefficient (Wildman–Crippen LogP) is 5.50. The summed E-state index contributed by atoms with van der Waals surface area (Å²) in [4.78, 5) is 23.2. The Kier molecular flexibility index (Phi) is 7.86. The van der Waals surface area contributed by atoms with Crippen molar-refractivity contribution in [1.82, 2.24) is 20.1 Å². The van der Waals surface area contributed by atoms with Gasteiger partial charge in [-0.1, -0.05) is 54.2 Å². The first-order valence-corrected chi connectivity index (χ1v) is 12.0. The van der Waals surface area contributed by atoms with E-state index in [1.54, 1.807) is 41.8 Å². The highest BCUT2D eigenvalue weighted by molar-refractivity contribution is 7.98. The third-order valence-electron chi connectivity index (χ3n) is 5.23. The number of nitro benzene ring substituents is 1. The number of benzene rings is 3. The molecule has 0 aliphatic carbocycles. The molecule has 10 heteroatoms. The number of non-ortho nitro benzene ring substituents is 1. The van der Waals surface area contributed by atoms with Crippen LogP contribution in [0.2, 0.25) is 0 Å². The molecule has 0 bridgehead atoms. The summed E-state index contributed by atoms with van der Waals surface area (Å²) in [6.45, 7) is 1.79. The van der Waals surface area contributed by atoms with Gasteiger partial charge in [0, 0.05) is 29.6 Å². The molecule has 36 heavy (non-hydrogen) atoms. The second kappa shape index (κ2) is 11.4. The van der Waals surface area contributed by atoms with Crippen LogP contribution in [0, 0.1) is 15.9 Å². The summed E-state index contributed by atoms with van der Waals surface area (Å²) in [5.41, 5.74) is 2.37. The minimum Gasteiger partial charge on any atom is -0.343 e. The molecular formula is C26H22FN5O3S. The maximum Gasteiger partial charge on any atom is 0.269 e. The molecule has 1 unspecified atom stereocenters. The van der Waals surface area contributed by atoms with Gasteiger partial charge in [-0.05, 0) is 48.4 Å². The van der Waals surface area contributed by atoms with E-state index in [2.05, 4.69) is 15.5 Å². The molecule has 0 aliphatic heterocycles. The van der Waals surface area contributed by atoms with Crippen LogP contribution in [-0.2, 0) is 10.5 Å². The van der Waals surface area contributed by atoms with Crippen LogP contribution in [-0.4, -0.2) is 25.6 Å². The van der Waals surface area contributed by atoms with Gasteiger partial charge in [-0.25, -0.2) is 4.39 Å². The van der Waals surface area contributed by atoms with Crippen molar-refractivity contribution in [1.29, 1.82) is 0 Å². The summed E-state index contributed by atoms with van der Waals surface area (Å²) >= 11 is 1.38. The summed E-state index contributed by atoms with van der Waals surface area (Å²) in [5.74, 6) is 0.356. The smallest absolute Gasteiger partial charge is 0.269 e. The Labute approximate surface area is 211 Å². The third-order valence-corrected chi connectivity index (χ3v) is 6.23. The summed E-state index contributed by atoms with van der Waals surface area (Å²) in [6, 6.07) is 21.1. The SMILES string of the molecule is CC(NC(=O)/C=C/c1ccccc1)c1nnc(SCc2ccc(F)cc2)n1-c1ccc([N+](=O)[O-])cc1. The van der Waals surface area contributed by atoms with Crippen molar-refractivity contribution < 1.29 is 14.1 Å². The van der Waals surface area contributed by atoms with Gasteiger partial charge in [-0.3, -0.25) is 19.5 Å². The summed E-state index contributed by atoms with van der Waals surface area (Å²) in [6.07, 6.45) is 3.16. The first-order valence-electron chi connectivity index (χ1n) is 11.0. The monoisotopic (exact) mass is 503 g/mol. The topological polar surface area (TPSA) is 103 Å². The number of rotatable bonds is 9. The highest BCUT2D eigenvalue weighted by Crippen LogP contribution is 2.28. The lowest BCUT2D eigenvalue weighted by Crippen LogP contribution is -2.27. The van der Waals surface area contributed by atoms with E-state index in [-0.39, 0.29) is 17.4 Å². The second-order valence-corrected chi connectivity index (χ2v) is 8.78. The van der Waals surface area contributed by atoms with Gasteiger partial charge in [0.1, 0.15) is 5.82 Å². The van der Waals surface area contributed by atoms with Crippen molar-refractivity contribution in [3.8, 4) is 5.69 Å². The summed E-state index contributed by atoms with van der Waals surface area (Å²) in [5, 5.41) is 23.1. The fourth-order valence-electron chi connectivity index (χ4n) is 3.41. The van der Waals surface area contributed by atoms with Gasteiger partial charge in [0.2, 0.25) is 5.91 Å². The summed E-state index contributed by atoms with van der Waals surface area (Å²) < 4.78 is 15.0. The molecule has 1 N–H and O–H groups in total. The van der Waals surface area contributed by atoms with E-state index in [1.807, 2.05) is 30.3 Å². The Morgan fingerprint density at radius 1 is 1.08 bits per heavy atom. The van der Waals surface area contributed by atoms with Crippen molar-refractivity contribution in [3.05, 3.63) is 118 Å². The molecule has 8 nitrogen and oxygen atoms in total. The number of hydrogen-bond acceptors (Lipinski definition) is 6. The zero-order valence-corrected chi connectivity index (χ0v) is 20.1. The quantitative estimate of drug-likeness (QED) is 0.140. The zero-order valence-electron chi connectivity index (χ0n) is 19.2. The van der Waals surface area contributed by atoms with Crippen LogP contribution in [0.3, 0.4) is 0 Å². The maximum atomic E-state index is 13.3. The largest absolute Gasteiger partial charge is 0.343 e. The number of aromatic nitrogens is 3. The number of amides is 1. The van der Waals surface area contributed by atoms with E-state index in [4.69, 9.17) is 0 Å². The Morgan fingerprint density at radius 2 is 1.78 bits per heavy atom. The van der Waals surface area contributed by atoms with Crippen LogP contribution in [0.25, 0.3) is 11.8 Å². The predicted molar refractivity (Wildman–Crippen MR) is 136 cm³/mol. The van der Waals surface area contributed by atoms with Crippen molar-refractivity contribution in [2.24, 2.45) is 0 Å². The molecule has 182 valence electrons. The number of carbonyl (C=O) groups is 1. The van der Waals surface area contributed by atoms with Crippen LogP contribution in [0.1, 0.15) is 29.9 Å². The molecule has 4 aromatic rings. The second-order valence-electron chi connectivity index (χ2n) is 7.84. The average Bonchev–Trinajstić information content (AvgIpc) is 3.32. The molecule has 1 amide bonds. The van der Waals surface area contributed by atoms with Crippen molar-refractivity contribution >= 4 is 29.4 Å². The lowest BCUT2D eigenvalue weighted by molar-refractivity contribution is -0.384. The van der Waals surface area contributed by atoms with Crippen LogP contribution in [0.15, 0.2) is 90.1 Å². The molecule has 3 aromatic carbocycles. The standard InChI is InChI=1S/C26H22FN5O3S/c1-18(28-24(33)16-9-19-5-3-2-4-6-19)25-29-30-26(36-17-20-7-10-21(27)11-8-20)31(25)22-12-14-23(15-13-22)32(34)35/h2-16,18H,17H2,1H3,(H,28,33)/b16-9+. The number of thioether (sulfide) groups is 1. The highest BCUT2D eigenvalue weighted by atomic mass is 32.2. The van der Waals surface area contributed by atoms with Crippen molar-refractivity contribution in [3.63, 3.8) is 0 Å². The van der Waals surface area contributed by atoms with Gasteiger partial charge in [0.25, 0.3) is 5.69 Å². The fourth-order valence-corrected chi connectivity index (χ4v) is 4.33. The van der Waals surface area contributed by atoms with E-state index >= 15 is 0 Å².